The van der Waals surface area contributed by atoms with Crippen LogP contribution in [0, 0.1) is 0 Å². The van der Waals surface area contributed by atoms with Gasteiger partial charge in [-0.3, -0.25) is 4.90 Å². The average Bonchev–Trinajstić information content (AvgIpc) is 2.36. The third kappa shape index (κ3) is 3.75. The summed E-state index contributed by atoms with van der Waals surface area (Å²) in [7, 11) is 0. The van der Waals surface area contributed by atoms with Gasteiger partial charge in [-0.15, -0.1) is 0 Å². The van der Waals surface area contributed by atoms with Gasteiger partial charge in [0.25, 0.3) is 0 Å². The normalized spacial score (nSPS) is 20.9. The number of rotatable bonds is 4. The van der Waals surface area contributed by atoms with Crippen LogP contribution in [0.15, 0.2) is 18.2 Å². The summed E-state index contributed by atoms with van der Waals surface area (Å²) in [6, 6.07) is 5.82. The van der Waals surface area contributed by atoms with Gasteiger partial charge in [0, 0.05) is 43.3 Å². The molecule has 0 aliphatic carbocycles. The molecule has 1 aromatic carbocycles. The number of hydrogen-bond acceptors (Lipinski definition) is 3. The molecule has 0 aromatic heterocycles. The summed E-state index contributed by atoms with van der Waals surface area (Å²) in [4.78, 5) is 2.41. The monoisotopic (exact) mass is 288 g/mol. The molecule has 100 valence electrons. The van der Waals surface area contributed by atoms with Gasteiger partial charge in [0.05, 0.1) is 5.02 Å². The molecular weight excluding hydrogens is 271 g/mol. The van der Waals surface area contributed by atoms with Crippen LogP contribution >= 0.6 is 23.2 Å². The number of halogens is 2. The molecule has 2 rings (SSSR count). The number of nitrogens with one attached hydrogen (secondary N) is 1. The third-order valence-electron chi connectivity index (χ3n) is 3.17. The van der Waals surface area contributed by atoms with Crippen LogP contribution in [-0.2, 0) is 0 Å². The van der Waals surface area contributed by atoms with E-state index in [4.69, 9.17) is 27.9 Å². The summed E-state index contributed by atoms with van der Waals surface area (Å²) >= 11 is 11.9. The van der Waals surface area contributed by atoms with Crippen LogP contribution in [0.5, 0.6) is 5.75 Å². The first-order chi connectivity index (χ1) is 8.66. The SMILES string of the molecule is C[C@H]1CNCCN1CCOc1cc(Cl)ccc1Cl. The zero-order valence-corrected chi connectivity index (χ0v) is 12.0. The molecule has 0 radical (unpaired) electrons. The van der Waals surface area contributed by atoms with E-state index in [2.05, 4.69) is 17.1 Å². The molecule has 0 spiro atoms. The number of benzene rings is 1. The first-order valence-corrected chi connectivity index (χ1v) is 6.95. The molecule has 3 nitrogen and oxygen atoms in total. The maximum Gasteiger partial charge on any atom is 0.139 e. The molecule has 1 aromatic rings. The first-order valence-electron chi connectivity index (χ1n) is 6.19. The van der Waals surface area contributed by atoms with E-state index in [-0.39, 0.29) is 0 Å². The summed E-state index contributed by atoms with van der Waals surface area (Å²) in [5.74, 6) is 0.659. The van der Waals surface area contributed by atoms with Crippen molar-refractivity contribution in [2.24, 2.45) is 0 Å². The quantitative estimate of drug-likeness (QED) is 0.922. The van der Waals surface area contributed by atoms with E-state index < -0.39 is 0 Å². The Morgan fingerprint density at radius 1 is 1.44 bits per heavy atom. The van der Waals surface area contributed by atoms with Crippen LogP contribution in [-0.4, -0.2) is 43.7 Å². The molecular formula is C13H18Cl2N2O. The van der Waals surface area contributed by atoms with Gasteiger partial charge >= 0.3 is 0 Å². The lowest BCUT2D eigenvalue weighted by molar-refractivity contribution is 0.143. The Kier molecular flexibility index (Phi) is 5.13. The maximum absolute atomic E-state index is 6.04. The van der Waals surface area contributed by atoms with Gasteiger partial charge in [0.1, 0.15) is 12.4 Å². The number of nitrogens with zero attached hydrogens (tertiary/aromatic N) is 1. The van der Waals surface area contributed by atoms with E-state index in [1.54, 1.807) is 18.2 Å². The van der Waals surface area contributed by atoms with Crippen LogP contribution in [0.2, 0.25) is 10.0 Å². The smallest absolute Gasteiger partial charge is 0.139 e. The van der Waals surface area contributed by atoms with E-state index in [9.17, 15) is 0 Å². The fourth-order valence-corrected chi connectivity index (χ4v) is 2.41. The summed E-state index contributed by atoms with van der Waals surface area (Å²) < 4.78 is 5.69. The predicted octanol–water partition coefficient (Wildman–Crippen LogP) is 2.67. The molecule has 5 heteroatoms. The van der Waals surface area contributed by atoms with Gasteiger partial charge in [-0.1, -0.05) is 23.2 Å². The van der Waals surface area contributed by atoms with Crippen molar-refractivity contribution in [2.75, 3.05) is 32.8 Å². The highest BCUT2D eigenvalue weighted by molar-refractivity contribution is 6.34. The van der Waals surface area contributed by atoms with Crippen LogP contribution in [0.3, 0.4) is 0 Å². The molecule has 1 N–H and O–H groups in total. The summed E-state index contributed by atoms with van der Waals surface area (Å²) in [5.41, 5.74) is 0. The number of hydrogen-bond donors (Lipinski definition) is 1. The molecule has 1 atom stereocenters. The topological polar surface area (TPSA) is 24.5 Å². The van der Waals surface area contributed by atoms with Crippen molar-refractivity contribution in [3.05, 3.63) is 28.2 Å². The summed E-state index contributed by atoms with van der Waals surface area (Å²) in [6.07, 6.45) is 0. The van der Waals surface area contributed by atoms with Crippen molar-refractivity contribution < 1.29 is 4.74 Å². The lowest BCUT2D eigenvalue weighted by atomic mass is 10.2. The average molecular weight is 289 g/mol. The van der Waals surface area contributed by atoms with Gasteiger partial charge in [0.2, 0.25) is 0 Å². The summed E-state index contributed by atoms with van der Waals surface area (Å²) in [5, 5.41) is 4.62. The zero-order valence-electron chi connectivity index (χ0n) is 10.5. The predicted molar refractivity (Wildman–Crippen MR) is 75.9 cm³/mol. The molecule has 1 heterocycles. The maximum atomic E-state index is 6.04. The minimum atomic E-state index is 0.553. The molecule has 0 unspecified atom stereocenters. The second-order valence-corrected chi connectivity index (χ2v) is 5.36. The molecule has 1 aliphatic heterocycles. The fourth-order valence-electron chi connectivity index (χ4n) is 2.08. The molecule has 1 saturated heterocycles. The van der Waals surface area contributed by atoms with E-state index in [0.29, 0.717) is 28.4 Å². The summed E-state index contributed by atoms with van der Waals surface area (Å²) in [6.45, 7) is 6.91. The molecule has 1 aliphatic rings. The Balaban J connectivity index is 1.82. The number of piperazine rings is 1. The van der Waals surface area contributed by atoms with Crippen molar-refractivity contribution >= 4 is 23.2 Å². The number of ether oxygens (including phenoxy) is 1. The van der Waals surface area contributed by atoms with Crippen molar-refractivity contribution in [1.82, 2.24) is 10.2 Å². The van der Waals surface area contributed by atoms with Crippen molar-refractivity contribution in [3.63, 3.8) is 0 Å². The molecule has 1 fully saturated rings. The van der Waals surface area contributed by atoms with Gasteiger partial charge in [0.15, 0.2) is 0 Å². The highest BCUT2D eigenvalue weighted by Crippen LogP contribution is 2.27. The lowest BCUT2D eigenvalue weighted by Gasteiger charge is -2.33. The Labute approximate surface area is 118 Å². The van der Waals surface area contributed by atoms with Crippen molar-refractivity contribution in [2.45, 2.75) is 13.0 Å². The van der Waals surface area contributed by atoms with Crippen molar-refractivity contribution in [3.8, 4) is 5.75 Å². The lowest BCUT2D eigenvalue weighted by Crippen LogP contribution is -2.50. The van der Waals surface area contributed by atoms with Crippen LogP contribution in [0.4, 0.5) is 0 Å². The fraction of sp³-hybridized carbons (Fsp3) is 0.538. The van der Waals surface area contributed by atoms with E-state index in [0.717, 1.165) is 26.2 Å². The van der Waals surface area contributed by atoms with E-state index in [1.165, 1.54) is 0 Å². The second kappa shape index (κ2) is 6.62. The van der Waals surface area contributed by atoms with Gasteiger partial charge < -0.3 is 10.1 Å². The van der Waals surface area contributed by atoms with Crippen LogP contribution in [0.1, 0.15) is 6.92 Å². The third-order valence-corrected chi connectivity index (χ3v) is 3.72. The first kappa shape index (κ1) is 13.9. The molecule has 0 saturated carbocycles. The Hall–Kier alpha value is -0.480. The minimum Gasteiger partial charge on any atom is -0.491 e. The highest BCUT2D eigenvalue weighted by Gasteiger charge is 2.17. The highest BCUT2D eigenvalue weighted by atomic mass is 35.5. The molecule has 18 heavy (non-hydrogen) atoms. The van der Waals surface area contributed by atoms with E-state index >= 15 is 0 Å². The van der Waals surface area contributed by atoms with Gasteiger partial charge in [-0.2, -0.15) is 0 Å². The van der Waals surface area contributed by atoms with Crippen molar-refractivity contribution in [1.29, 1.82) is 0 Å². The minimum absolute atomic E-state index is 0.553. The Morgan fingerprint density at radius 2 is 2.28 bits per heavy atom. The zero-order chi connectivity index (χ0) is 13.0. The molecule has 0 bridgehead atoms. The van der Waals surface area contributed by atoms with Gasteiger partial charge in [-0.25, -0.2) is 0 Å². The standard InChI is InChI=1S/C13H18Cl2N2O/c1-10-9-16-4-5-17(10)6-7-18-13-8-11(14)2-3-12(13)15/h2-3,8,10,16H,4-7,9H2,1H3/t10-/m0/s1. The second-order valence-electron chi connectivity index (χ2n) is 4.51. The Morgan fingerprint density at radius 3 is 3.06 bits per heavy atom. The van der Waals surface area contributed by atoms with Gasteiger partial charge in [-0.05, 0) is 19.1 Å². The van der Waals surface area contributed by atoms with Crippen LogP contribution in [0.25, 0.3) is 0 Å². The Bertz CT molecular complexity index is 401. The van der Waals surface area contributed by atoms with E-state index in [1.807, 2.05) is 0 Å². The molecule has 0 amide bonds. The van der Waals surface area contributed by atoms with Crippen LogP contribution < -0.4 is 10.1 Å². The largest absolute Gasteiger partial charge is 0.491 e.